The third kappa shape index (κ3) is 4.16. The summed E-state index contributed by atoms with van der Waals surface area (Å²) in [7, 11) is 0. The van der Waals surface area contributed by atoms with E-state index in [2.05, 4.69) is 10.1 Å². The molecule has 2 heterocycles. The largest absolute Gasteiger partial charge is 0.414 e. The summed E-state index contributed by atoms with van der Waals surface area (Å²) >= 11 is 0. The van der Waals surface area contributed by atoms with E-state index in [4.69, 9.17) is 0 Å². The van der Waals surface area contributed by atoms with Crippen molar-refractivity contribution < 1.29 is 18.0 Å². The maximum atomic E-state index is 13.3. The fourth-order valence-corrected chi connectivity index (χ4v) is 2.73. The van der Waals surface area contributed by atoms with Gasteiger partial charge in [0.2, 0.25) is 0 Å². The Hall–Kier alpha value is -3.16. The molecule has 0 saturated carbocycles. The lowest BCUT2D eigenvalue weighted by molar-refractivity contribution is -0.156. The lowest BCUT2D eigenvalue weighted by Gasteiger charge is -2.21. The molecule has 3 rings (SSSR count). The molecule has 8 heteroatoms. The SMILES string of the molecule is Cc1cc(C)n(-c2ccc(C(=O)N[C@H](c3ccccn3)C(F)(F)F)cc2)n1. The molecule has 2 aromatic heterocycles. The number of amides is 1. The Bertz CT molecular complexity index is 934. The predicted octanol–water partition coefficient (Wildman–Crippen LogP) is 3.92. The molecule has 140 valence electrons. The molecule has 0 bridgehead atoms. The summed E-state index contributed by atoms with van der Waals surface area (Å²) in [6.07, 6.45) is -3.41. The van der Waals surface area contributed by atoms with Crippen LogP contribution < -0.4 is 5.32 Å². The van der Waals surface area contributed by atoms with Gasteiger partial charge >= 0.3 is 6.18 Å². The number of alkyl halides is 3. The first-order valence-electron chi connectivity index (χ1n) is 8.18. The number of nitrogens with one attached hydrogen (secondary N) is 1. The van der Waals surface area contributed by atoms with E-state index in [0.717, 1.165) is 11.4 Å². The number of hydrogen-bond acceptors (Lipinski definition) is 3. The van der Waals surface area contributed by atoms with E-state index >= 15 is 0 Å². The molecule has 0 aliphatic heterocycles. The van der Waals surface area contributed by atoms with Crippen LogP contribution >= 0.6 is 0 Å². The van der Waals surface area contributed by atoms with Gasteiger partial charge in [-0.15, -0.1) is 0 Å². The van der Waals surface area contributed by atoms with Crippen LogP contribution in [0.1, 0.15) is 33.5 Å². The third-order valence-electron chi connectivity index (χ3n) is 3.97. The van der Waals surface area contributed by atoms with Gasteiger partial charge in [-0.3, -0.25) is 9.78 Å². The zero-order chi connectivity index (χ0) is 19.6. The van der Waals surface area contributed by atoms with Gasteiger partial charge in [0.25, 0.3) is 5.91 Å². The van der Waals surface area contributed by atoms with Crippen molar-refractivity contribution in [3.8, 4) is 5.69 Å². The van der Waals surface area contributed by atoms with Crippen molar-refractivity contribution in [2.75, 3.05) is 0 Å². The number of benzene rings is 1. The number of aryl methyl sites for hydroxylation is 2. The minimum atomic E-state index is -4.66. The first kappa shape index (κ1) is 18.6. The second-order valence-corrected chi connectivity index (χ2v) is 6.09. The van der Waals surface area contributed by atoms with E-state index < -0.39 is 18.1 Å². The molecule has 0 aliphatic carbocycles. The number of rotatable bonds is 4. The predicted molar refractivity (Wildman–Crippen MR) is 93.5 cm³/mol. The molecule has 1 amide bonds. The Morgan fingerprint density at radius 3 is 2.33 bits per heavy atom. The van der Waals surface area contributed by atoms with Crippen molar-refractivity contribution in [1.29, 1.82) is 0 Å². The van der Waals surface area contributed by atoms with Crippen molar-refractivity contribution in [2.45, 2.75) is 26.1 Å². The summed E-state index contributed by atoms with van der Waals surface area (Å²) in [6, 6.07) is 10.1. The minimum absolute atomic E-state index is 0.116. The van der Waals surface area contributed by atoms with Crippen LogP contribution in [-0.4, -0.2) is 26.8 Å². The van der Waals surface area contributed by atoms with Gasteiger partial charge in [0.05, 0.1) is 17.1 Å². The number of hydrogen-bond donors (Lipinski definition) is 1. The van der Waals surface area contributed by atoms with Gasteiger partial charge in [0.1, 0.15) is 0 Å². The fraction of sp³-hybridized carbons (Fsp3) is 0.211. The standard InChI is InChI=1S/C19H17F3N4O/c1-12-11-13(2)26(25-12)15-8-6-14(7-9-15)18(27)24-17(19(20,21)22)16-5-3-4-10-23-16/h3-11,17H,1-2H3,(H,24,27)/t17-/m1/s1. The van der Waals surface area contributed by atoms with Gasteiger partial charge in [-0.25, -0.2) is 4.68 Å². The van der Waals surface area contributed by atoms with E-state index in [1.807, 2.05) is 25.2 Å². The zero-order valence-electron chi connectivity index (χ0n) is 14.7. The van der Waals surface area contributed by atoms with Crippen LogP contribution in [0.3, 0.4) is 0 Å². The van der Waals surface area contributed by atoms with E-state index in [1.54, 1.807) is 16.8 Å². The van der Waals surface area contributed by atoms with Gasteiger partial charge in [0, 0.05) is 17.5 Å². The molecule has 1 atom stereocenters. The Labute approximate surface area is 153 Å². The van der Waals surface area contributed by atoms with Crippen LogP contribution in [0.5, 0.6) is 0 Å². The Morgan fingerprint density at radius 1 is 1.11 bits per heavy atom. The summed E-state index contributed by atoms with van der Waals surface area (Å²) in [5, 5.41) is 6.35. The molecule has 3 aromatic rings. The second kappa shape index (κ2) is 7.22. The van der Waals surface area contributed by atoms with Gasteiger partial charge in [-0.2, -0.15) is 18.3 Å². The normalized spacial score (nSPS) is 12.6. The number of carbonyl (C=O) groups excluding carboxylic acids is 1. The number of pyridine rings is 1. The summed E-state index contributed by atoms with van der Waals surface area (Å²) in [5.74, 6) is -0.831. The molecule has 1 aromatic carbocycles. The van der Waals surface area contributed by atoms with Gasteiger partial charge < -0.3 is 5.32 Å². The lowest BCUT2D eigenvalue weighted by atomic mass is 10.1. The third-order valence-corrected chi connectivity index (χ3v) is 3.97. The van der Waals surface area contributed by atoms with E-state index in [0.29, 0.717) is 5.69 Å². The highest BCUT2D eigenvalue weighted by Gasteiger charge is 2.42. The molecule has 5 nitrogen and oxygen atoms in total. The van der Waals surface area contributed by atoms with Crippen molar-refractivity contribution in [3.05, 3.63) is 77.4 Å². The van der Waals surface area contributed by atoms with Crippen molar-refractivity contribution >= 4 is 5.91 Å². The van der Waals surface area contributed by atoms with Crippen LogP contribution in [0.4, 0.5) is 13.2 Å². The fourth-order valence-electron chi connectivity index (χ4n) is 2.73. The minimum Gasteiger partial charge on any atom is -0.335 e. The van der Waals surface area contributed by atoms with Crippen LogP contribution in [-0.2, 0) is 0 Å². The highest BCUT2D eigenvalue weighted by atomic mass is 19.4. The average Bonchev–Trinajstić information content (AvgIpc) is 2.97. The summed E-state index contributed by atoms with van der Waals surface area (Å²) < 4.78 is 41.7. The van der Waals surface area contributed by atoms with Crippen molar-refractivity contribution in [3.63, 3.8) is 0 Å². The number of carbonyl (C=O) groups is 1. The molecule has 0 spiro atoms. The molecule has 0 saturated heterocycles. The molecule has 0 aliphatic rings. The smallest absolute Gasteiger partial charge is 0.335 e. The molecule has 0 radical (unpaired) electrons. The second-order valence-electron chi connectivity index (χ2n) is 6.09. The summed E-state index contributed by atoms with van der Waals surface area (Å²) in [6.45, 7) is 3.75. The van der Waals surface area contributed by atoms with Crippen LogP contribution in [0.15, 0.2) is 54.7 Å². The summed E-state index contributed by atoms with van der Waals surface area (Å²) in [4.78, 5) is 16.0. The Balaban J connectivity index is 1.82. The topological polar surface area (TPSA) is 59.8 Å². The van der Waals surface area contributed by atoms with E-state index in [1.165, 1.54) is 36.5 Å². The highest BCUT2D eigenvalue weighted by Crippen LogP contribution is 2.31. The monoisotopic (exact) mass is 374 g/mol. The van der Waals surface area contributed by atoms with Crippen LogP contribution in [0.2, 0.25) is 0 Å². The van der Waals surface area contributed by atoms with Gasteiger partial charge in [-0.05, 0) is 56.3 Å². The molecule has 0 unspecified atom stereocenters. The van der Waals surface area contributed by atoms with Gasteiger partial charge in [0.15, 0.2) is 6.04 Å². The zero-order valence-corrected chi connectivity index (χ0v) is 14.7. The number of nitrogens with zero attached hydrogens (tertiary/aromatic N) is 3. The molecular weight excluding hydrogens is 357 g/mol. The maximum Gasteiger partial charge on any atom is 0.414 e. The van der Waals surface area contributed by atoms with Crippen molar-refractivity contribution in [2.24, 2.45) is 0 Å². The molecule has 1 N–H and O–H groups in total. The van der Waals surface area contributed by atoms with Crippen LogP contribution in [0, 0.1) is 13.8 Å². The lowest BCUT2D eigenvalue weighted by Crippen LogP contribution is -2.38. The number of halogens is 3. The maximum absolute atomic E-state index is 13.3. The molecular formula is C19H17F3N4O. The average molecular weight is 374 g/mol. The van der Waals surface area contributed by atoms with E-state index in [-0.39, 0.29) is 11.3 Å². The Kier molecular flexibility index (Phi) is 4.98. The Morgan fingerprint density at radius 2 is 1.81 bits per heavy atom. The molecule has 0 fully saturated rings. The quantitative estimate of drug-likeness (QED) is 0.753. The van der Waals surface area contributed by atoms with Crippen molar-refractivity contribution in [1.82, 2.24) is 20.1 Å². The van der Waals surface area contributed by atoms with Crippen LogP contribution in [0.25, 0.3) is 5.69 Å². The van der Waals surface area contributed by atoms with Gasteiger partial charge in [-0.1, -0.05) is 6.07 Å². The highest BCUT2D eigenvalue weighted by molar-refractivity contribution is 5.94. The molecule has 27 heavy (non-hydrogen) atoms. The first-order valence-corrected chi connectivity index (χ1v) is 8.18. The summed E-state index contributed by atoms with van der Waals surface area (Å²) in [5.41, 5.74) is 2.33. The first-order chi connectivity index (χ1) is 12.8. The number of aromatic nitrogens is 3. The van der Waals surface area contributed by atoms with E-state index in [9.17, 15) is 18.0 Å².